The van der Waals surface area contributed by atoms with Crippen LogP contribution in [0.15, 0.2) is 85.1 Å². The lowest BCUT2D eigenvalue weighted by Gasteiger charge is -2.04. The highest BCUT2D eigenvalue weighted by atomic mass is 35.5. The van der Waals surface area contributed by atoms with Crippen molar-refractivity contribution >= 4 is 34.9 Å². The molecule has 140 valence electrons. The Morgan fingerprint density at radius 2 is 1.62 bits per heavy atom. The summed E-state index contributed by atoms with van der Waals surface area (Å²) in [5.41, 5.74) is 4.58. The zero-order valence-electron chi connectivity index (χ0n) is 15.3. The van der Waals surface area contributed by atoms with Crippen LogP contribution in [0.1, 0.15) is 11.1 Å². The number of nitriles is 1. The molecule has 0 atom stereocenters. The Kier molecular flexibility index (Phi) is 5.48. The minimum Gasteiger partial charge on any atom is -0.240 e. The van der Waals surface area contributed by atoms with Gasteiger partial charge < -0.3 is 0 Å². The number of halogens is 2. The maximum atomic E-state index is 9.78. The van der Waals surface area contributed by atoms with Crippen molar-refractivity contribution in [1.29, 1.82) is 5.26 Å². The van der Waals surface area contributed by atoms with Crippen LogP contribution in [0, 0.1) is 11.3 Å². The normalized spacial score (nSPS) is 11.3. The lowest BCUT2D eigenvalue weighted by atomic mass is 10.0. The second kappa shape index (κ2) is 8.36. The van der Waals surface area contributed by atoms with E-state index in [1.165, 1.54) is 0 Å². The maximum absolute atomic E-state index is 9.78. The highest BCUT2D eigenvalue weighted by Crippen LogP contribution is 2.31. The van der Waals surface area contributed by atoms with Gasteiger partial charge in [0.1, 0.15) is 0 Å². The van der Waals surface area contributed by atoms with Gasteiger partial charge >= 0.3 is 0 Å². The third-order valence-corrected chi connectivity index (χ3v) is 5.00. The van der Waals surface area contributed by atoms with Gasteiger partial charge in [-0.3, -0.25) is 0 Å². The molecular weight excluding hydrogens is 401 g/mol. The maximum Gasteiger partial charge on any atom is 0.1000 e. The molecule has 1 aromatic heterocycles. The monoisotopic (exact) mass is 415 g/mol. The Hall–Kier alpha value is -3.32. The quantitative estimate of drug-likeness (QED) is 0.339. The first-order chi connectivity index (χ1) is 14.2. The second-order valence-electron chi connectivity index (χ2n) is 6.37. The zero-order chi connectivity index (χ0) is 20.2. The van der Waals surface area contributed by atoms with Gasteiger partial charge in [-0.2, -0.15) is 10.4 Å². The molecule has 0 aliphatic heterocycles. The van der Waals surface area contributed by atoms with Crippen molar-refractivity contribution in [2.45, 2.75) is 0 Å². The van der Waals surface area contributed by atoms with Gasteiger partial charge in [0.25, 0.3) is 0 Å². The van der Waals surface area contributed by atoms with E-state index in [-0.39, 0.29) is 0 Å². The van der Waals surface area contributed by atoms with Gasteiger partial charge in [-0.1, -0.05) is 77.8 Å². The number of rotatable bonds is 4. The van der Waals surface area contributed by atoms with Gasteiger partial charge in [-0.15, -0.1) is 0 Å². The van der Waals surface area contributed by atoms with Crippen LogP contribution in [0.5, 0.6) is 0 Å². The first kappa shape index (κ1) is 19.0. The summed E-state index contributed by atoms with van der Waals surface area (Å²) in [6, 6.07) is 27.1. The summed E-state index contributed by atoms with van der Waals surface area (Å²) < 4.78 is 1.81. The van der Waals surface area contributed by atoms with Crippen molar-refractivity contribution in [2.75, 3.05) is 0 Å². The number of allylic oxidation sites excluding steroid dienone is 1. The van der Waals surface area contributed by atoms with E-state index in [9.17, 15) is 5.26 Å². The van der Waals surface area contributed by atoms with Gasteiger partial charge in [0.05, 0.1) is 28.0 Å². The summed E-state index contributed by atoms with van der Waals surface area (Å²) in [4.78, 5) is 0. The molecule has 0 radical (unpaired) electrons. The molecule has 5 heteroatoms. The van der Waals surface area contributed by atoms with Crippen LogP contribution in [-0.4, -0.2) is 9.78 Å². The molecule has 4 rings (SSSR count). The van der Waals surface area contributed by atoms with Crippen molar-refractivity contribution in [3.8, 4) is 23.0 Å². The van der Waals surface area contributed by atoms with E-state index in [1.54, 1.807) is 18.2 Å². The standard InChI is InChI=1S/C24H15Cl2N3/c25-20-11-12-22(23(26)14-20)18(15-27)13-19-16-29(21-9-5-2-6-10-21)28-24(19)17-7-3-1-4-8-17/h1-14,16H/b18-13+. The van der Waals surface area contributed by atoms with E-state index in [4.69, 9.17) is 28.3 Å². The zero-order valence-corrected chi connectivity index (χ0v) is 16.8. The van der Waals surface area contributed by atoms with E-state index in [0.717, 1.165) is 22.5 Å². The molecule has 0 unspecified atom stereocenters. The van der Waals surface area contributed by atoms with Gasteiger partial charge in [-0.05, 0) is 30.3 Å². The largest absolute Gasteiger partial charge is 0.240 e. The molecule has 0 aliphatic rings. The number of aromatic nitrogens is 2. The van der Waals surface area contributed by atoms with Crippen molar-refractivity contribution in [3.63, 3.8) is 0 Å². The first-order valence-electron chi connectivity index (χ1n) is 8.93. The van der Waals surface area contributed by atoms with Gasteiger partial charge in [0.2, 0.25) is 0 Å². The predicted molar refractivity (Wildman–Crippen MR) is 119 cm³/mol. The molecule has 0 N–H and O–H groups in total. The highest BCUT2D eigenvalue weighted by molar-refractivity contribution is 6.36. The van der Waals surface area contributed by atoms with Crippen molar-refractivity contribution in [1.82, 2.24) is 9.78 Å². The minimum absolute atomic E-state index is 0.432. The SMILES string of the molecule is N#C/C(=C\c1cn(-c2ccccc2)nc1-c1ccccc1)c1ccc(Cl)cc1Cl. The lowest BCUT2D eigenvalue weighted by molar-refractivity contribution is 0.884. The summed E-state index contributed by atoms with van der Waals surface area (Å²) in [7, 11) is 0. The van der Waals surface area contributed by atoms with Gasteiger partial charge in [-0.25, -0.2) is 4.68 Å². The Labute approximate surface area is 179 Å². The molecule has 0 saturated heterocycles. The third-order valence-electron chi connectivity index (χ3n) is 4.45. The molecule has 0 spiro atoms. The number of hydrogen-bond donors (Lipinski definition) is 0. The van der Waals surface area contributed by atoms with Crippen LogP contribution in [0.4, 0.5) is 0 Å². The molecule has 1 heterocycles. The fraction of sp³-hybridized carbons (Fsp3) is 0. The summed E-state index contributed by atoms with van der Waals surface area (Å²) in [6.45, 7) is 0. The molecule has 3 aromatic carbocycles. The van der Waals surface area contributed by atoms with E-state index in [1.807, 2.05) is 77.6 Å². The summed E-state index contributed by atoms with van der Waals surface area (Å²) >= 11 is 12.3. The summed E-state index contributed by atoms with van der Waals surface area (Å²) in [6.07, 6.45) is 3.72. The Morgan fingerprint density at radius 1 is 0.931 bits per heavy atom. The smallest absolute Gasteiger partial charge is 0.1000 e. The number of hydrogen-bond acceptors (Lipinski definition) is 2. The molecule has 0 amide bonds. The van der Waals surface area contributed by atoms with E-state index >= 15 is 0 Å². The van der Waals surface area contributed by atoms with Crippen molar-refractivity contribution < 1.29 is 0 Å². The van der Waals surface area contributed by atoms with Crippen LogP contribution >= 0.6 is 23.2 Å². The van der Waals surface area contributed by atoms with Crippen LogP contribution < -0.4 is 0 Å². The number of benzene rings is 3. The van der Waals surface area contributed by atoms with Crippen LogP contribution in [0.2, 0.25) is 10.0 Å². The Bertz CT molecular complexity index is 1220. The molecule has 0 fully saturated rings. The predicted octanol–water partition coefficient (Wildman–Crippen LogP) is 6.91. The van der Waals surface area contributed by atoms with Crippen LogP contribution in [0.3, 0.4) is 0 Å². The summed E-state index contributed by atoms with van der Waals surface area (Å²) in [5, 5.41) is 15.5. The number of para-hydroxylation sites is 1. The van der Waals surface area contributed by atoms with Crippen LogP contribution in [0.25, 0.3) is 28.6 Å². The van der Waals surface area contributed by atoms with Gasteiger partial charge in [0.15, 0.2) is 0 Å². The van der Waals surface area contributed by atoms with Crippen molar-refractivity contribution in [3.05, 3.63) is 106 Å². The summed E-state index contributed by atoms with van der Waals surface area (Å²) in [5.74, 6) is 0. The molecule has 29 heavy (non-hydrogen) atoms. The number of nitrogens with zero attached hydrogens (tertiary/aromatic N) is 3. The molecule has 3 nitrogen and oxygen atoms in total. The van der Waals surface area contributed by atoms with Gasteiger partial charge in [0, 0.05) is 27.9 Å². The van der Waals surface area contributed by atoms with E-state index < -0.39 is 0 Å². The van der Waals surface area contributed by atoms with Crippen LogP contribution in [-0.2, 0) is 0 Å². The molecular formula is C24H15Cl2N3. The fourth-order valence-corrected chi connectivity index (χ4v) is 3.57. The molecule has 0 bridgehead atoms. The average Bonchev–Trinajstić information content (AvgIpc) is 3.18. The second-order valence-corrected chi connectivity index (χ2v) is 7.22. The Balaban J connectivity index is 1.88. The van der Waals surface area contributed by atoms with Crippen molar-refractivity contribution in [2.24, 2.45) is 0 Å². The van der Waals surface area contributed by atoms with E-state index in [2.05, 4.69) is 6.07 Å². The topological polar surface area (TPSA) is 41.6 Å². The first-order valence-corrected chi connectivity index (χ1v) is 9.69. The molecule has 0 saturated carbocycles. The fourth-order valence-electron chi connectivity index (χ4n) is 3.06. The average molecular weight is 416 g/mol. The minimum atomic E-state index is 0.432. The molecule has 4 aromatic rings. The lowest BCUT2D eigenvalue weighted by Crippen LogP contribution is -1.93. The van der Waals surface area contributed by atoms with E-state index in [0.29, 0.717) is 21.2 Å². The highest BCUT2D eigenvalue weighted by Gasteiger charge is 2.14. The third kappa shape index (κ3) is 4.09. The Morgan fingerprint density at radius 3 is 2.28 bits per heavy atom. The molecule has 0 aliphatic carbocycles.